The number of nitrogens with zero attached hydrogens (tertiary/aromatic N) is 4. The predicted octanol–water partition coefficient (Wildman–Crippen LogP) is 1.79. The van der Waals surface area contributed by atoms with Gasteiger partial charge in [-0.3, -0.25) is 0 Å². The van der Waals surface area contributed by atoms with Gasteiger partial charge in [0.1, 0.15) is 0 Å². The van der Waals surface area contributed by atoms with Gasteiger partial charge in [-0.2, -0.15) is 9.67 Å². The second-order valence-corrected chi connectivity index (χ2v) is 5.06. The largest absolute Gasteiger partial charge is 0.368 e. The minimum atomic E-state index is 0.301. The van der Waals surface area contributed by atoms with Crippen molar-refractivity contribution in [2.45, 2.75) is 13.8 Å². The summed E-state index contributed by atoms with van der Waals surface area (Å²) >= 11 is 0. The normalized spacial score (nSPS) is 11.3. The van der Waals surface area contributed by atoms with Crippen molar-refractivity contribution in [1.29, 1.82) is 0 Å². The number of benzene rings is 1. The molecule has 104 valence electrons. The second kappa shape index (κ2) is 4.84. The van der Waals surface area contributed by atoms with E-state index >= 15 is 0 Å². The van der Waals surface area contributed by atoms with Gasteiger partial charge >= 0.3 is 0 Å². The van der Waals surface area contributed by atoms with E-state index in [-0.39, 0.29) is 0 Å². The Labute approximate surface area is 116 Å². The molecule has 2 heterocycles. The number of rotatable bonds is 4. The highest BCUT2D eigenvalue weighted by Crippen LogP contribution is 2.16. The first-order valence-corrected chi connectivity index (χ1v) is 6.55. The van der Waals surface area contributed by atoms with Crippen LogP contribution in [-0.2, 0) is 0 Å². The fourth-order valence-corrected chi connectivity index (χ4v) is 1.89. The Morgan fingerprint density at radius 1 is 1.30 bits per heavy atom. The maximum Gasteiger partial charge on any atom is 0.244 e. The fraction of sp³-hybridized carbons (Fsp3) is 0.308. The van der Waals surface area contributed by atoms with E-state index in [1.807, 2.05) is 24.3 Å². The molecule has 0 unspecified atom stereocenters. The highest BCUT2D eigenvalue weighted by molar-refractivity contribution is 5.76. The van der Waals surface area contributed by atoms with Crippen LogP contribution >= 0.6 is 0 Å². The molecule has 0 amide bonds. The molecule has 3 rings (SSSR count). The molecule has 0 spiro atoms. The average Bonchev–Trinajstić information content (AvgIpc) is 2.99. The fourth-order valence-electron chi connectivity index (χ4n) is 1.89. The van der Waals surface area contributed by atoms with E-state index in [1.54, 1.807) is 0 Å². The second-order valence-electron chi connectivity index (χ2n) is 5.06. The molecular weight excluding hydrogens is 254 g/mol. The van der Waals surface area contributed by atoms with Gasteiger partial charge in [-0.05, 0) is 18.1 Å². The third-order valence-corrected chi connectivity index (χ3v) is 2.88. The summed E-state index contributed by atoms with van der Waals surface area (Å²) in [6.45, 7) is 5.03. The first-order valence-electron chi connectivity index (χ1n) is 6.55. The van der Waals surface area contributed by atoms with Crippen molar-refractivity contribution in [1.82, 2.24) is 24.7 Å². The van der Waals surface area contributed by atoms with Crippen LogP contribution in [0, 0.1) is 5.92 Å². The lowest BCUT2D eigenvalue weighted by Gasteiger charge is -2.03. The number of nitrogens with one attached hydrogen (secondary N) is 2. The summed E-state index contributed by atoms with van der Waals surface area (Å²) in [6.07, 6.45) is 0. The third-order valence-electron chi connectivity index (χ3n) is 2.88. The molecule has 1 aromatic carbocycles. The third kappa shape index (κ3) is 2.29. The van der Waals surface area contributed by atoms with E-state index in [0.29, 0.717) is 23.8 Å². The van der Waals surface area contributed by atoms with Gasteiger partial charge in [0.05, 0.1) is 11.0 Å². The lowest BCUT2D eigenvalue weighted by molar-refractivity contribution is 0.683. The molecule has 0 bridgehead atoms. The number of nitrogen functional groups attached to an aromatic ring is 1. The van der Waals surface area contributed by atoms with Crippen LogP contribution < -0.4 is 11.1 Å². The number of hydrogen-bond donors (Lipinski definition) is 3. The Morgan fingerprint density at radius 3 is 2.85 bits per heavy atom. The monoisotopic (exact) mass is 271 g/mol. The van der Waals surface area contributed by atoms with Gasteiger partial charge in [-0.15, -0.1) is 5.10 Å². The number of aromatic amines is 1. The highest BCUT2D eigenvalue weighted by atomic mass is 15.5. The van der Waals surface area contributed by atoms with Gasteiger partial charge in [0.2, 0.25) is 17.8 Å². The van der Waals surface area contributed by atoms with E-state index in [0.717, 1.165) is 17.6 Å². The van der Waals surface area contributed by atoms with E-state index in [1.165, 1.54) is 4.68 Å². The summed E-state index contributed by atoms with van der Waals surface area (Å²) in [7, 11) is 0. The standard InChI is InChI=1S/C13H17N7/c1-8(2)7-15-12-18-11(14)20(19-12)13-16-9-5-3-4-6-10(9)17-13/h3-6,8H,7H2,1-2H3,(H,16,17)(H3,14,15,18,19). The van der Waals surface area contributed by atoms with Crippen molar-refractivity contribution in [2.24, 2.45) is 5.92 Å². The van der Waals surface area contributed by atoms with Gasteiger partial charge in [-0.25, -0.2) is 4.98 Å². The van der Waals surface area contributed by atoms with Crippen LogP contribution in [0.25, 0.3) is 17.0 Å². The van der Waals surface area contributed by atoms with Crippen LogP contribution in [0.4, 0.5) is 11.9 Å². The Balaban J connectivity index is 1.93. The molecule has 0 fully saturated rings. The molecule has 0 atom stereocenters. The minimum absolute atomic E-state index is 0.301. The SMILES string of the molecule is CC(C)CNc1nc(N)n(-c2nc3ccccc3[nH]2)n1. The summed E-state index contributed by atoms with van der Waals surface area (Å²) in [5, 5.41) is 7.47. The molecule has 7 heteroatoms. The molecule has 0 aliphatic carbocycles. The molecule has 0 saturated heterocycles. The molecule has 0 aliphatic heterocycles. The van der Waals surface area contributed by atoms with Gasteiger partial charge in [-0.1, -0.05) is 26.0 Å². The minimum Gasteiger partial charge on any atom is -0.368 e. The van der Waals surface area contributed by atoms with E-state index in [9.17, 15) is 0 Å². The number of fused-ring (bicyclic) bond motifs is 1. The Kier molecular flexibility index (Phi) is 3.02. The van der Waals surface area contributed by atoms with Crippen LogP contribution in [-0.4, -0.2) is 31.3 Å². The zero-order valence-electron chi connectivity index (χ0n) is 11.5. The maximum atomic E-state index is 5.89. The summed E-state index contributed by atoms with van der Waals surface area (Å²) in [5.74, 6) is 1.88. The summed E-state index contributed by atoms with van der Waals surface area (Å²) in [6, 6.07) is 7.77. The van der Waals surface area contributed by atoms with E-state index in [2.05, 4.69) is 39.2 Å². The van der Waals surface area contributed by atoms with Crippen LogP contribution in [0.15, 0.2) is 24.3 Å². The summed E-state index contributed by atoms with van der Waals surface area (Å²) < 4.78 is 1.50. The Hall–Kier alpha value is -2.57. The van der Waals surface area contributed by atoms with E-state index < -0.39 is 0 Å². The van der Waals surface area contributed by atoms with Crippen LogP contribution in [0.5, 0.6) is 0 Å². The number of aromatic nitrogens is 5. The molecule has 7 nitrogen and oxygen atoms in total. The topological polar surface area (TPSA) is 97.4 Å². The molecule has 3 aromatic rings. The van der Waals surface area contributed by atoms with Gasteiger partial charge in [0.25, 0.3) is 0 Å². The van der Waals surface area contributed by atoms with Gasteiger partial charge < -0.3 is 16.0 Å². The van der Waals surface area contributed by atoms with Crippen molar-refractivity contribution in [3.05, 3.63) is 24.3 Å². The highest BCUT2D eigenvalue weighted by Gasteiger charge is 2.12. The van der Waals surface area contributed by atoms with Crippen molar-refractivity contribution < 1.29 is 0 Å². The molecule has 0 saturated carbocycles. The van der Waals surface area contributed by atoms with Crippen LogP contribution in [0.3, 0.4) is 0 Å². The molecule has 2 aromatic heterocycles. The molecule has 0 radical (unpaired) electrons. The van der Waals surface area contributed by atoms with E-state index in [4.69, 9.17) is 5.73 Å². The first kappa shape index (κ1) is 12.5. The summed E-state index contributed by atoms with van der Waals surface area (Å²) in [4.78, 5) is 11.8. The lowest BCUT2D eigenvalue weighted by atomic mass is 10.2. The predicted molar refractivity (Wildman–Crippen MR) is 78.8 cm³/mol. The molecule has 0 aliphatic rings. The summed E-state index contributed by atoms with van der Waals surface area (Å²) in [5.41, 5.74) is 7.70. The Morgan fingerprint density at radius 2 is 2.10 bits per heavy atom. The number of anilines is 2. The number of imidazole rings is 1. The number of nitrogens with two attached hydrogens (primary N) is 1. The molecular formula is C13H17N7. The van der Waals surface area contributed by atoms with Gasteiger partial charge in [0, 0.05) is 6.54 Å². The molecule has 4 N–H and O–H groups in total. The van der Waals surface area contributed by atoms with Crippen molar-refractivity contribution in [3.8, 4) is 5.95 Å². The average molecular weight is 271 g/mol. The smallest absolute Gasteiger partial charge is 0.244 e. The zero-order valence-corrected chi connectivity index (χ0v) is 11.5. The zero-order chi connectivity index (χ0) is 14.1. The van der Waals surface area contributed by atoms with Crippen molar-refractivity contribution >= 4 is 22.9 Å². The van der Waals surface area contributed by atoms with Crippen LogP contribution in [0.2, 0.25) is 0 Å². The number of hydrogen-bond acceptors (Lipinski definition) is 5. The maximum absolute atomic E-state index is 5.89. The first-order chi connectivity index (χ1) is 9.63. The lowest BCUT2D eigenvalue weighted by Crippen LogP contribution is -2.09. The molecule has 20 heavy (non-hydrogen) atoms. The van der Waals surface area contributed by atoms with Crippen LogP contribution in [0.1, 0.15) is 13.8 Å². The quantitative estimate of drug-likeness (QED) is 0.672. The Bertz CT molecular complexity index is 692. The van der Waals surface area contributed by atoms with Gasteiger partial charge in [0.15, 0.2) is 0 Å². The van der Waals surface area contributed by atoms with Crippen molar-refractivity contribution in [3.63, 3.8) is 0 Å². The number of H-pyrrole nitrogens is 1. The number of para-hydroxylation sites is 2. The van der Waals surface area contributed by atoms with Crippen molar-refractivity contribution in [2.75, 3.05) is 17.6 Å².